The van der Waals surface area contributed by atoms with Gasteiger partial charge in [0.15, 0.2) is 0 Å². The molecule has 0 radical (unpaired) electrons. The Morgan fingerprint density at radius 3 is 2.38 bits per heavy atom. The Kier molecular flexibility index (Phi) is 6.85. The molecular formula is C22H27ClN2O3S. The number of aryl methyl sites for hydroxylation is 2. The molecule has 0 bridgehead atoms. The number of halogens is 1. The maximum atomic E-state index is 12.7. The molecule has 156 valence electrons. The second-order valence-corrected chi connectivity index (χ2v) is 9.85. The zero-order valence-corrected chi connectivity index (χ0v) is 18.4. The van der Waals surface area contributed by atoms with Crippen molar-refractivity contribution in [3.8, 4) is 0 Å². The Morgan fingerprint density at radius 2 is 1.76 bits per heavy atom. The number of fused-ring (bicyclic) bond motifs is 1. The SMILES string of the molecule is CC[C@@H](NC(=O)CN(c1ccc(Cl)cc1)S(C)(=O)=O)c1ccc2c(c1)CCCC2. The molecule has 0 saturated carbocycles. The normalized spacial score (nSPS) is 14.7. The van der Waals surface area contributed by atoms with Gasteiger partial charge in [-0.3, -0.25) is 9.10 Å². The first kappa shape index (κ1) is 21.7. The van der Waals surface area contributed by atoms with Crippen LogP contribution in [0.4, 0.5) is 5.69 Å². The second-order valence-electron chi connectivity index (χ2n) is 7.51. The molecule has 1 N–H and O–H groups in total. The van der Waals surface area contributed by atoms with Crippen LogP contribution in [-0.2, 0) is 27.7 Å². The lowest BCUT2D eigenvalue weighted by atomic mass is 9.89. The van der Waals surface area contributed by atoms with E-state index in [-0.39, 0.29) is 18.5 Å². The van der Waals surface area contributed by atoms with Crippen LogP contribution < -0.4 is 9.62 Å². The maximum Gasteiger partial charge on any atom is 0.241 e. The minimum absolute atomic E-state index is 0.152. The van der Waals surface area contributed by atoms with Crippen LogP contribution in [0.5, 0.6) is 0 Å². The highest BCUT2D eigenvalue weighted by Gasteiger charge is 2.23. The third-order valence-electron chi connectivity index (χ3n) is 5.32. The zero-order chi connectivity index (χ0) is 21.0. The minimum atomic E-state index is -3.62. The summed E-state index contributed by atoms with van der Waals surface area (Å²) in [7, 11) is -3.62. The lowest BCUT2D eigenvalue weighted by molar-refractivity contribution is -0.120. The summed E-state index contributed by atoms with van der Waals surface area (Å²) in [4.78, 5) is 12.7. The van der Waals surface area contributed by atoms with Crippen molar-refractivity contribution in [1.29, 1.82) is 0 Å². The highest BCUT2D eigenvalue weighted by atomic mass is 35.5. The summed E-state index contributed by atoms with van der Waals surface area (Å²) in [5.41, 5.74) is 4.24. The molecule has 0 heterocycles. The quantitative estimate of drug-likeness (QED) is 0.708. The fourth-order valence-electron chi connectivity index (χ4n) is 3.77. The Morgan fingerprint density at radius 1 is 1.10 bits per heavy atom. The van der Waals surface area contributed by atoms with Crippen molar-refractivity contribution >= 4 is 33.2 Å². The third-order valence-corrected chi connectivity index (χ3v) is 6.71. The monoisotopic (exact) mass is 434 g/mol. The van der Waals surface area contributed by atoms with Gasteiger partial charge in [0.2, 0.25) is 15.9 Å². The fourth-order valence-corrected chi connectivity index (χ4v) is 4.75. The van der Waals surface area contributed by atoms with Gasteiger partial charge in [0, 0.05) is 5.02 Å². The number of sulfonamides is 1. The lowest BCUT2D eigenvalue weighted by Gasteiger charge is -2.25. The number of carbonyl (C=O) groups is 1. The molecule has 29 heavy (non-hydrogen) atoms. The predicted molar refractivity (Wildman–Crippen MR) is 118 cm³/mol. The second kappa shape index (κ2) is 9.18. The van der Waals surface area contributed by atoms with Crippen molar-refractivity contribution in [2.24, 2.45) is 0 Å². The first-order chi connectivity index (χ1) is 13.8. The Bertz CT molecular complexity index is 974. The number of benzene rings is 2. The van der Waals surface area contributed by atoms with Gasteiger partial charge in [0.05, 0.1) is 18.0 Å². The predicted octanol–water partition coefficient (Wildman–Crippen LogP) is 4.25. The third kappa shape index (κ3) is 5.52. The van der Waals surface area contributed by atoms with Gasteiger partial charge < -0.3 is 5.32 Å². The number of anilines is 1. The average molecular weight is 435 g/mol. The Labute approximate surface area is 178 Å². The maximum absolute atomic E-state index is 12.7. The molecular weight excluding hydrogens is 408 g/mol. The number of nitrogens with zero attached hydrogens (tertiary/aromatic N) is 1. The van der Waals surface area contributed by atoms with Gasteiger partial charge in [-0.15, -0.1) is 0 Å². The van der Waals surface area contributed by atoms with E-state index in [9.17, 15) is 13.2 Å². The zero-order valence-electron chi connectivity index (χ0n) is 16.8. The van der Waals surface area contributed by atoms with Crippen LogP contribution in [0, 0.1) is 0 Å². The number of hydrogen-bond donors (Lipinski definition) is 1. The van der Waals surface area contributed by atoms with Gasteiger partial charge >= 0.3 is 0 Å². The molecule has 3 rings (SSSR count). The molecule has 1 aliphatic carbocycles. The minimum Gasteiger partial charge on any atom is -0.348 e. The number of carbonyl (C=O) groups excluding carboxylic acids is 1. The highest BCUT2D eigenvalue weighted by Crippen LogP contribution is 2.26. The van der Waals surface area contributed by atoms with Crippen molar-refractivity contribution in [1.82, 2.24) is 5.32 Å². The summed E-state index contributed by atoms with van der Waals surface area (Å²) in [6, 6.07) is 12.7. The Hall–Kier alpha value is -2.05. The largest absolute Gasteiger partial charge is 0.348 e. The molecule has 0 fully saturated rings. The average Bonchev–Trinajstić information content (AvgIpc) is 2.70. The van der Waals surface area contributed by atoms with E-state index in [0.717, 1.165) is 35.4 Å². The van der Waals surface area contributed by atoms with E-state index in [1.807, 2.05) is 6.92 Å². The number of nitrogens with one attached hydrogen (secondary N) is 1. The Balaban J connectivity index is 1.75. The van der Waals surface area contributed by atoms with Gasteiger partial charge in [0.25, 0.3) is 0 Å². The number of rotatable bonds is 7. The van der Waals surface area contributed by atoms with Crippen LogP contribution in [0.2, 0.25) is 5.02 Å². The summed E-state index contributed by atoms with van der Waals surface area (Å²) < 4.78 is 25.6. The van der Waals surface area contributed by atoms with Gasteiger partial charge in [-0.25, -0.2) is 8.42 Å². The molecule has 0 aromatic heterocycles. The lowest BCUT2D eigenvalue weighted by Crippen LogP contribution is -2.41. The molecule has 1 aliphatic rings. The smallest absolute Gasteiger partial charge is 0.241 e. The van der Waals surface area contributed by atoms with E-state index in [0.29, 0.717) is 10.7 Å². The van der Waals surface area contributed by atoms with Crippen LogP contribution in [-0.4, -0.2) is 27.1 Å². The molecule has 1 amide bonds. The van der Waals surface area contributed by atoms with E-state index >= 15 is 0 Å². The molecule has 2 aromatic rings. The number of amides is 1. The first-order valence-corrected chi connectivity index (χ1v) is 12.1. The summed E-state index contributed by atoms with van der Waals surface area (Å²) in [6.45, 7) is 1.74. The van der Waals surface area contributed by atoms with Crippen LogP contribution in [0.25, 0.3) is 0 Å². The van der Waals surface area contributed by atoms with E-state index in [1.165, 1.54) is 24.0 Å². The van der Waals surface area contributed by atoms with Crippen LogP contribution in [0.15, 0.2) is 42.5 Å². The van der Waals surface area contributed by atoms with Crippen molar-refractivity contribution in [3.05, 3.63) is 64.2 Å². The van der Waals surface area contributed by atoms with Crippen molar-refractivity contribution in [2.45, 2.75) is 45.1 Å². The van der Waals surface area contributed by atoms with E-state index in [4.69, 9.17) is 11.6 Å². The van der Waals surface area contributed by atoms with Crippen molar-refractivity contribution in [2.75, 3.05) is 17.1 Å². The fraction of sp³-hybridized carbons (Fsp3) is 0.409. The van der Waals surface area contributed by atoms with Crippen molar-refractivity contribution < 1.29 is 13.2 Å². The molecule has 1 atom stereocenters. The van der Waals surface area contributed by atoms with Gasteiger partial charge in [-0.05, 0) is 73.1 Å². The van der Waals surface area contributed by atoms with Crippen LogP contribution in [0.1, 0.15) is 48.9 Å². The van der Waals surface area contributed by atoms with Gasteiger partial charge in [-0.2, -0.15) is 0 Å². The van der Waals surface area contributed by atoms with E-state index in [1.54, 1.807) is 24.3 Å². The molecule has 2 aromatic carbocycles. The molecule has 5 nitrogen and oxygen atoms in total. The van der Waals surface area contributed by atoms with Gasteiger partial charge in [-0.1, -0.05) is 36.7 Å². The molecule has 0 spiro atoms. The topological polar surface area (TPSA) is 66.5 Å². The first-order valence-electron chi connectivity index (χ1n) is 9.92. The standard InChI is InChI=1S/C22H27ClN2O3S/c1-3-21(18-9-8-16-6-4-5-7-17(16)14-18)24-22(26)15-25(29(2,27)28)20-12-10-19(23)11-13-20/h8-14,21H,3-7,15H2,1-2H3,(H,24,26)/t21-/m1/s1. The van der Waals surface area contributed by atoms with E-state index < -0.39 is 10.0 Å². The van der Waals surface area contributed by atoms with Crippen LogP contribution >= 0.6 is 11.6 Å². The molecule has 0 saturated heterocycles. The molecule has 7 heteroatoms. The van der Waals surface area contributed by atoms with E-state index in [2.05, 4.69) is 23.5 Å². The van der Waals surface area contributed by atoms with Crippen LogP contribution in [0.3, 0.4) is 0 Å². The molecule has 0 aliphatic heterocycles. The summed E-state index contributed by atoms with van der Waals surface area (Å²) in [5.74, 6) is -0.338. The summed E-state index contributed by atoms with van der Waals surface area (Å²) in [6.07, 6.45) is 6.44. The molecule has 0 unspecified atom stereocenters. The van der Waals surface area contributed by atoms with Crippen molar-refractivity contribution in [3.63, 3.8) is 0 Å². The highest BCUT2D eigenvalue weighted by molar-refractivity contribution is 7.92. The summed E-state index contributed by atoms with van der Waals surface area (Å²) in [5, 5.41) is 3.51. The summed E-state index contributed by atoms with van der Waals surface area (Å²) >= 11 is 5.89. The number of hydrogen-bond acceptors (Lipinski definition) is 3. The van der Waals surface area contributed by atoms with Gasteiger partial charge in [0.1, 0.15) is 6.54 Å².